The van der Waals surface area contributed by atoms with E-state index in [0.717, 1.165) is 0 Å². The molecule has 0 radical (unpaired) electrons. The Bertz CT molecular complexity index is 77.1. The van der Waals surface area contributed by atoms with Gasteiger partial charge in [-0.25, -0.2) is 0 Å². The van der Waals surface area contributed by atoms with Gasteiger partial charge in [0.25, 0.3) is 6.47 Å². The van der Waals surface area contributed by atoms with Crippen molar-refractivity contribution >= 4 is 56.0 Å². The van der Waals surface area contributed by atoms with Gasteiger partial charge in [-0.1, -0.05) is 0 Å². The minimum atomic E-state index is -3.29. The van der Waals surface area contributed by atoms with Crippen LogP contribution in [0.1, 0.15) is 6.92 Å². The first kappa shape index (κ1) is 14.0. The van der Waals surface area contributed by atoms with E-state index in [2.05, 4.69) is 4.74 Å². The Hall–Kier alpha value is 1.43. The Balaban J connectivity index is 0. The number of ether oxygens (including phenoxy) is 1. The zero-order valence-electron chi connectivity index (χ0n) is 5.11. The van der Waals surface area contributed by atoms with Crippen LogP contribution in [0.25, 0.3) is 0 Å². The third-order valence-electron chi connectivity index (χ3n) is 0.235. The summed E-state index contributed by atoms with van der Waals surface area (Å²) in [5.41, 5.74) is 0. The Kier molecular flexibility index (Phi) is 11.9. The van der Waals surface area contributed by atoms with Gasteiger partial charge in [0.15, 0.2) is 0 Å². The van der Waals surface area contributed by atoms with Crippen molar-refractivity contribution in [1.29, 1.82) is 0 Å². The standard InChI is InChI=1S/C3H6O2.4ClH.Sn/c1-2-5-3-4;;;;;/h3H,2H2,1H3;4*1H;/q;;;;;+4/p-4. The van der Waals surface area contributed by atoms with Crippen molar-refractivity contribution in [2.45, 2.75) is 6.92 Å². The third kappa shape index (κ3) is 57.0. The van der Waals surface area contributed by atoms with Crippen LogP contribution < -0.4 is 0 Å². The summed E-state index contributed by atoms with van der Waals surface area (Å²) in [5, 5.41) is 0. The van der Waals surface area contributed by atoms with E-state index in [4.69, 9.17) is 35.7 Å². The number of hydrogen-bond acceptors (Lipinski definition) is 2. The van der Waals surface area contributed by atoms with Crippen LogP contribution in [0.5, 0.6) is 0 Å². The Morgan fingerprint density at radius 2 is 1.70 bits per heavy atom. The van der Waals surface area contributed by atoms with E-state index in [0.29, 0.717) is 13.1 Å². The van der Waals surface area contributed by atoms with Crippen LogP contribution in [0, 0.1) is 0 Å². The minimum absolute atomic E-state index is 0.431. The van der Waals surface area contributed by atoms with E-state index in [9.17, 15) is 4.79 Å². The molecule has 0 aliphatic rings. The number of halogens is 4. The molecule has 10 heavy (non-hydrogen) atoms. The summed E-state index contributed by atoms with van der Waals surface area (Å²) in [6.07, 6.45) is 0. The van der Waals surface area contributed by atoms with Crippen molar-refractivity contribution in [1.82, 2.24) is 0 Å². The van der Waals surface area contributed by atoms with E-state index in [1.807, 2.05) is 0 Å². The summed E-state index contributed by atoms with van der Waals surface area (Å²) >= 11 is -3.29. The molecule has 0 aromatic heterocycles. The summed E-state index contributed by atoms with van der Waals surface area (Å²) in [6.45, 7) is 2.66. The molecule has 0 unspecified atom stereocenters. The van der Waals surface area contributed by atoms with E-state index >= 15 is 0 Å². The molecule has 7 heteroatoms. The maximum absolute atomic E-state index is 9.18. The van der Waals surface area contributed by atoms with Crippen LogP contribution in [0.2, 0.25) is 0 Å². The molecule has 0 bridgehead atoms. The molecule has 0 aromatic carbocycles. The van der Waals surface area contributed by atoms with E-state index in [1.165, 1.54) is 0 Å². The van der Waals surface area contributed by atoms with Gasteiger partial charge in [0.2, 0.25) is 0 Å². The Morgan fingerprint density at radius 3 is 1.70 bits per heavy atom. The molecule has 62 valence electrons. The fourth-order valence-electron chi connectivity index (χ4n) is 0.0680. The van der Waals surface area contributed by atoms with Crippen molar-refractivity contribution in [2.24, 2.45) is 0 Å². The van der Waals surface area contributed by atoms with Gasteiger partial charge in [0.1, 0.15) is 0 Å². The van der Waals surface area contributed by atoms with Crippen molar-refractivity contribution < 1.29 is 9.53 Å². The van der Waals surface area contributed by atoms with Crippen molar-refractivity contribution in [3.05, 3.63) is 0 Å². The Labute approximate surface area is 78.5 Å². The molecule has 0 saturated carbocycles. The van der Waals surface area contributed by atoms with E-state index < -0.39 is 13.9 Å². The van der Waals surface area contributed by atoms with E-state index in [1.54, 1.807) is 6.92 Å². The van der Waals surface area contributed by atoms with E-state index in [-0.39, 0.29) is 0 Å². The fourth-order valence-corrected chi connectivity index (χ4v) is 0.0680. The summed E-state index contributed by atoms with van der Waals surface area (Å²) in [7, 11) is 20.1. The maximum atomic E-state index is 9.18. The number of carbonyl (C=O) groups excluding carboxylic acids is 1. The molecular formula is C3H6Cl4O2Sn. The van der Waals surface area contributed by atoms with Crippen LogP contribution in [0.15, 0.2) is 0 Å². The second kappa shape index (κ2) is 8.52. The van der Waals surface area contributed by atoms with Crippen LogP contribution in [-0.2, 0) is 9.53 Å². The summed E-state index contributed by atoms with van der Waals surface area (Å²) in [5.74, 6) is 0. The van der Waals surface area contributed by atoms with Crippen LogP contribution in [0.3, 0.4) is 0 Å². The third-order valence-corrected chi connectivity index (χ3v) is 0.235. The SMILES string of the molecule is CCOC=O.[Cl][Sn]([Cl])([Cl])[Cl]. The van der Waals surface area contributed by atoms with Gasteiger partial charge >= 0.3 is 49.6 Å². The van der Waals surface area contributed by atoms with Gasteiger partial charge in [0, 0.05) is 0 Å². The topological polar surface area (TPSA) is 26.3 Å². The van der Waals surface area contributed by atoms with Crippen LogP contribution in [0.4, 0.5) is 0 Å². The summed E-state index contributed by atoms with van der Waals surface area (Å²) in [4.78, 5) is 9.18. The molecule has 0 aromatic rings. The molecule has 0 spiro atoms. The van der Waals surface area contributed by atoms with Crippen molar-refractivity contribution in [2.75, 3.05) is 6.61 Å². The van der Waals surface area contributed by atoms with Gasteiger partial charge in [-0.3, -0.25) is 4.79 Å². The number of rotatable bonds is 2. The molecule has 0 amide bonds. The first-order chi connectivity index (χ1) is 4.41. The zero-order chi connectivity index (χ0) is 8.62. The average molecular weight is 335 g/mol. The molecule has 0 aliphatic carbocycles. The molecule has 2 nitrogen and oxygen atoms in total. The zero-order valence-corrected chi connectivity index (χ0v) is 11.0. The average Bonchev–Trinajstić information content (AvgIpc) is 1.63. The van der Waals surface area contributed by atoms with Gasteiger partial charge in [-0.2, -0.15) is 0 Å². The quantitative estimate of drug-likeness (QED) is 0.573. The monoisotopic (exact) mass is 334 g/mol. The predicted octanol–water partition coefficient (Wildman–Crippen LogP) is 2.56. The van der Waals surface area contributed by atoms with Crippen molar-refractivity contribution in [3.63, 3.8) is 0 Å². The normalized spacial score (nSPS) is 9.30. The molecule has 0 rings (SSSR count). The van der Waals surface area contributed by atoms with Crippen LogP contribution >= 0.6 is 35.7 Å². The molecule has 0 atom stereocenters. The van der Waals surface area contributed by atoms with Gasteiger partial charge in [-0.05, 0) is 6.92 Å². The van der Waals surface area contributed by atoms with Crippen LogP contribution in [-0.4, -0.2) is 26.9 Å². The fraction of sp³-hybridized carbons (Fsp3) is 0.667. The Morgan fingerprint density at radius 1 is 1.40 bits per heavy atom. The predicted molar refractivity (Wildman–Crippen MR) is 46.9 cm³/mol. The molecule has 0 aliphatic heterocycles. The molecule has 0 saturated heterocycles. The first-order valence-corrected chi connectivity index (χ1v) is 16.7. The number of carbonyl (C=O) groups is 1. The first-order valence-electron chi connectivity index (χ1n) is 2.22. The molecule has 0 fully saturated rings. The molecular weight excluding hydrogens is 329 g/mol. The molecule has 0 heterocycles. The summed E-state index contributed by atoms with van der Waals surface area (Å²) < 4.78 is 4.15. The van der Waals surface area contributed by atoms with Gasteiger partial charge in [-0.15, -0.1) is 0 Å². The molecule has 0 N–H and O–H groups in total. The van der Waals surface area contributed by atoms with Gasteiger partial charge < -0.3 is 4.74 Å². The second-order valence-electron chi connectivity index (χ2n) is 0.980. The summed E-state index contributed by atoms with van der Waals surface area (Å²) in [6, 6.07) is 0. The van der Waals surface area contributed by atoms with Crippen molar-refractivity contribution in [3.8, 4) is 0 Å². The number of hydrogen-bond donors (Lipinski definition) is 0. The second-order valence-corrected chi connectivity index (χ2v) is 26.4. The van der Waals surface area contributed by atoms with Gasteiger partial charge in [0.05, 0.1) is 6.61 Å².